The molecule has 0 heterocycles. The van der Waals surface area contributed by atoms with Crippen LogP contribution in [0.5, 0.6) is 5.75 Å². The summed E-state index contributed by atoms with van der Waals surface area (Å²) in [6.45, 7) is 0. The van der Waals surface area contributed by atoms with E-state index in [1.165, 1.54) is 43.5 Å². The van der Waals surface area contributed by atoms with E-state index in [1.54, 1.807) is 0 Å². The Morgan fingerprint density at radius 2 is 1.79 bits per heavy atom. The summed E-state index contributed by atoms with van der Waals surface area (Å²) in [5, 5.41) is 0. The Balaban J connectivity index is 2.29. The van der Waals surface area contributed by atoms with E-state index in [1.807, 2.05) is 0 Å². The fourth-order valence-corrected chi connectivity index (χ4v) is 2.83. The lowest BCUT2D eigenvalue weighted by Crippen LogP contribution is -2.03. The number of allylic oxidation sites excluding steroid dienone is 1. The Morgan fingerprint density at radius 1 is 1.08 bits per heavy atom. The second-order valence-corrected chi connectivity index (χ2v) is 6.99. The van der Waals surface area contributed by atoms with Gasteiger partial charge in [-0.1, -0.05) is 12.1 Å². The lowest BCUT2D eigenvalue weighted by Gasteiger charge is -2.08. The molecule has 0 radical (unpaired) electrons. The predicted molar refractivity (Wildman–Crippen MR) is 85.8 cm³/mol. The number of benzene rings is 2. The number of hydrogen-bond acceptors (Lipinski definition) is 4. The number of ether oxygens (including phenoxy) is 1. The minimum absolute atomic E-state index is 0.0221. The second kappa shape index (κ2) is 6.92. The molecule has 0 saturated carbocycles. The van der Waals surface area contributed by atoms with Crippen LogP contribution >= 0.6 is 0 Å². The second-order valence-electron chi connectivity index (χ2n) is 5.01. The first-order valence-electron chi connectivity index (χ1n) is 6.78. The van der Waals surface area contributed by atoms with Crippen LogP contribution in [-0.4, -0.2) is 27.6 Å². The van der Waals surface area contributed by atoms with Gasteiger partial charge in [-0.25, -0.2) is 17.2 Å². The molecular formula is C17H14F2O4S. The quantitative estimate of drug-likeness (QED) is 0.612. The zero-order valence-electron chi connectivity index (χ0n) is 12.9. The van der Waals surface area contributed by atoms with Crippen molar-refractivity contribution in [3.8, 4) is 5.75 Å². The Hall–Kier alpha value is -2.54. The number of ketones is 1. The third-order valence-corrected chi connectivity index (χ3v) is 4.35. The van der Waals surface area contributed by atoms with Gasteiger partial charge in [0.1, 0.15) is 10.6 Å². The van der Waals surface area contributed by atoms with E-state index in [0.717, 1.165) is 18.4 Å². The average molecular weight is 352 g/mol. The van der Waals surface area contributed by atoms with Gasteiger partial charge in [-0.3, -0.25) is 4.79 Å². The number of hydrogen-bond donors (Lipinski definition) is 0. The van der Waals surface area contributed by atoms with Gasteiger partial charge in [-0.05, 0) is 42.0 Å². The number of methoxy groups -OCH3 is 1. The van der Waals surface area contributed by atoms with Crippen LogP contribution in [-0.2, 0) is 9.84 Å². The van der Waals surface area contributed by atoms with Gasteiger partial charge in [0, 0.05) is 11.8 Å². The molecule has 126 valence electrons. The molecule has 24 heavy (non-hydrogen) atoms. The highest BCUT2D eigenvalue weighted by Crippen LogP contribution is 2.25. The van der Waals surface area contributed by atoms with Gasteiger partial charge in [-0.15, -0.1) is 0 Å². The van der Waals surface area contributed by atoms with E-state index < -0.39 is 27.3 Å². The van der Waals surface area contributed by atoms with E-state index in [0.29, 0.717) is 5.56 Å². The molecule has 0 aliphatic rings. The molecule has 0 spiro atoms. The molecule has 0 unspecified atom stereocenters. The Kier molecular flexibility index (Phi) is 5.14. The molecule has 0 saturated heterocycles. The van der Waals surface area contributed by atoms with Crippen LogP contribution in [0.25, 0.3) is 6.08 Å². The molecule has 0 aliphatic carbocycles. The first-order chi connectivity index (χ1) is 11.2. The fourth-order valence-electron chi connectivity index (χ4n) is 2.01. The standard InChI is InChI=1S/C17H14F2O4S/c1-23-16-10-12(5-8-17(16)24(2,21)22)15(20)7-4-11-3-6-13(18)14(19)9-11/h3-10H,1-2H3/b7-4+. The first kappa shape index (κ1) is 17.8. The van der Waals surface area contributed by atoms with Crippen molar-refractivity contribution in [3.63, 3.8) is 0 Å². The van der Waals surface area contributed by atoms with Crippen molar-refractivity contribution >= 4 is 21.7 Å². The van der Waals surface area contributed by atoms with Gasteiger partial charge in [0.25, 0.3) is 0 Å². The van der Waals surface area contributed by atoms with E-state index in [2.05, 4.69) is 0 Å². The van der Waals surface area contributed by atoms with Gasteiger partial charge in [0.05, 0.1) is 7.11 Å². The Labute approximate surface area is 138 Å². The lowest BCUT2D eigenvalue weighted by atomic mass is 10.1. The van der Waals surface area contributed by atoms with Gasteiger partial charge >= 0.3 is 0 Å². The number of carbonyl (C=O) groups excluding carboxylic acids is 1. The highest BCUT2D eigenvalue weighted by molar-refractivity contribution is 7.90. The summed E-state index contributed by atoms with van der Waals surface area (Å²) in [6, 6.07) is 7.21. The Morgan fingerprint density at radius 3 is 2.38 bits per heavy atom. The molecule has 0 fully saturated rings. The van der Waals surface area contributed by atoms with Crippen molar-refractivity contribution in [1.82, 2.24) is 0 Å². The van der Waals surface area contributed by atoms with E-state index >= 15 is 0 Å². The zero-order valence-corrected chi connectivity index (χ0v) is 13.7. The van der Waals surface area contributed by atoms with Crippen LogP contribution in [0.4, 0.5) is 8.78 Å². The molecule has 2 rings (SSSR count). The minimum atomic E-state index is -3.48. The normalized spacial score (nSPS) is 11.7. The number of carbonyl (C=O) groups is 1. The van der Waals surface area contributed by atoms with E-state index in [4.69, 9.17) is 4.74 Å². The lowest BCUT2D eigenvalue weighted by molar-refractivity contribution is 0.104. The summed E-state index contributed by atoms with van der Waals surface area (Å²) in [6.07, 6.45) is 3.55. The van der Waals surface area contributed by atoms with E-state index in [9.17, 15) is 22.0 Å². The summed E-state index contributed by atoms with van der Waals surface area (Å²) in [5.74, 6) is -2.36. The number of halogens is 2. The summed E-state index contributed by atoms with van der Waals surface area (Å²) in [4.78, 5) is 12.1. The van der Waals surface area contributed by atoms with E-state index in [-0.39, 0.29) is 16.2 Å². The molecule has 2 aromatic carbocycles. The average Bonchev–Trinajstić information content (AvgIpc) is 2.54. The van der Waals surface area contributed by atoms with Gasteiger partial charge in [-0.2, -0.15) is 0 Å². The fraction of sp³-hybridized carbons (Fsp3) is 0.118. The molecule has 0 aromatic heterocycles. The van der Waals surface area contributed by atoms with Crippen molar-refractivity contribution in [2.75, 3.05) is 13.4 Å². The van der Waals surface area contributed by atoms with Crippen molar-refractivity contribution in [2.24, 2.45) is 0 Å². The highest BCUT2D eigenvalue weighted by atomic mass is 32.2. The highest BCUT2D eigenvalue weighted by Gasteiger charge is 2.16. The van der Waals surface area contributed by atoms with Crippen LogP contribution in [0.15, 0.2) is 47.4 Å². The maximum atomic E-state index is 13.1. The van der Waals surface area contributed by atoms with Crippen LogP contribution in [0.1, 0.15) is 15.9 Å². The minimum Gasteiger partial charge on any atom is -0.495 e. The van der Waals surface area contributed by atoms with Crippen LogP contribution in [0.2, 0.25) is 0 Å². The summed E-state index contributed by atoms with van der Waals surface area (Å²) in [5.41, 5.74) is 0.528. The summed E-state index contributed by atoms with van der Waals surface area (Å²) < 4.78 is 54.2. The molecular weight excluding hydrogens is 338 g/mol. The maximum absolute atomic E-state index is 13.1. The van der Waals surface area contributed by atoms with Crippen LogP contribution in [0.3, 0.4) is 0 Å². The monoisotopic (exact) mass is 352 g/mol. The van der Waals surface area contributed by atoms with Gasteiger partial charge in [0.15, 0.2) is 27.3 Å². The van der Waals surface area contributed by atoms with Gasteiger partial charge in [0.2, 0.25) is 0 Å². The molecule has 4 nitrogen and oxygen atoms in total. The van der Waals surface area contributed by atoms with Crippen molar-refractivity contribution in [2.45, 2.75) is 4.90 Å². The number of sulfone groups is 1. The van der Waals surface area contributed by atoms with Crippen molar-refractivity contribution in [1.29, 1.82) is 0 Å². The third-order valence-electron chi connectivity index (χ3n) is 3.22. The summed E-state index contributed by atoms with van der Waals surface area (Å²) in [7, 11) is -2.18. The van der Waals surface area contributed by atoms with Crippen molar-refractivity contribution < 1.29 is 26.7 Å². The molecule has 2 aromatic rings. The number of rotatable bonds is 5. The molecule has 0 N–H and O–H groups in total. The predicted octanol–water partition coefficient (Wildman–Crippen LogP) is 3.27. The molecule has 0 bridgehead atoms. The smallest absolute Gasteiger partial charge is 0.185 e. The molecule has 0 aliphatic heterocycles. The first-order valence-corrected chi connectivity index (χ1v) is 8.67. The molecule has 0 atom stereocenters. The van der Waals surface area contributed by atoms with Crippen LogP contribution < -0.4 is 4.74 Å². The molecule has 7 heteroatoms. The molecule has 0 amide bonds. The Bertz CT molecular complexity index is 918. The topological polar surface area (TPSA) is 60.4 Å². The van der Waals surface area contributed by atoms with Crippen LogP contribution in [0, 0.1) is 11.6 Å². The van der Waals surface area contributed by atoms with Crippen molar-refractivity contribution in [3.05, 3.63) is 65.2 Å². The largest absolute Gasteiger partial charge is 0.495 e. The maximum Gasteiger partial charge on any atom is 0.185 e. The SMILES string of the molecule is COc1cc(C(=O)/C=C/c2ccc(F)c(F)c2)ccc1S(C)(=O)=O. The summed E-state index contributed by atoms with van der Waals surface area (Å²) >= 11 is 0. The zero-order chi connectivity index (χ0) is 17.9. The van der Waals surface area contributed by atoms with Gasteiger partial charge < -0.3 is 4.74 Å². The third kappa shape index (κ3) is 4.05.